The zero-order valence-electron chi connectivity index (χ0n) is 13.3. The molecule has 0 saturated heterocycles. The Morgan fingerprint density at radius 3 is 2.83 bits per heavy atom. The van der Waals surface area contributed by atoms with E-state index in [9.17, 15) is 4.79 Å². The zero-order valence-corrected chi connectivity index (χ0v) is 14.0. The molecule has 1 aliphatic heterocycles. The van der Waals surface area contributed by atoms with E-state index in [0.717, 1.165) is 0 Å². The minimum atomic E-state index is -0.643. The first kappa shape index (κ1) is 16.5. The quantitative estimate of drug-likeness (QED) is 0.834. The number of rotatable bonds is 5. The molecule has 0 radical (unpaired) electrons. The van der Waals surface area contributed by atoms with Gasteiger partial charge in [0.05, 0.1) is 6.54 Å². The van der Waals surface area contributed by atoms with Crippen LogP contribution in [0.15, 0.2) is 48.5 Å². The van der Waals surface area contributed by atoms with Crippen LogP contribution in [0.3, 0.4) is 0 Å². The molecular formula is C18H18ClNO4. The van der Waals surface area contributed by atoms with Crippen LogP contribution in [0, 0.1) is 0 Å². The van der Waals surface area contributed by atoms with Gasteiger partial charge in [0.15, 0.2) is 11.5 Å². The van der Waals surface area contributed by atoms with Crippen molar-refractivity contribution in [2.75, 3.05) is 26.8 Å². The second kappa shape index (κ2) is 7.45. The summed E-state index contributed by atoms with van der Waals surface area (Å²) in [6.45, 7) is 1.01. The average molecular weight is 348 g/mol. The number of carbonyl (C=O) groups excluding carboxylic acids is 1. The summed E-state index contributed by atoms with van der Waals surface area (Å²) in [6, 6.07) is 14.5. The Bertz CT molecular complexity index is 722. The third-order valence-corrected chi connectivity index (χ3v) is 3.89. The van der Waals surface area contributed by atoms with Crippen molar-refractivity contribution in [3.8, 4) is 17.2 Å². The van der Waals surface area contributed by atoms with Crippen molar-refractivity contribution >= 4 is 17.5 Å². The monoisotopic (exact) mass is 347 g/mol. The van der Waals surface area contributed by atoms with E-state index in [1.165, 1.54) is 0 Å². The van der Waals surface area contributed by atoms with Crippen molar-refractivity contribution in [3.05, 3.63) is 53.6 Å². The first-order chi connectivity index (χ1) is 11.6. The minimum absolute atomic E-state index is 0.140. The topological polar surface area (TPSA) is 48.0 Å². The number of ether oxygens (including phenoxy) is 3. The molecule has 0 aromatic heterocycles. The molecule has 6 heteroatoms. The molecule has 0 fully saturated rings. The van der Waals surface area contributed by atoms with Crippen LogP contribution >= 0.6 is 11.6 Å². The van der Waals surface area contributed by atoms with Gasteiger partial charge in [-0.1, -0.05) is 29.8 Å². The van der Waals surface area contributed by atoms with Crippen molar-refractivity contribution in [2.24, 2.45) is 0 Å². The number of amides is 1. The molecule has 2 aromatic carbocycles. The lowest BCUT2D eigenvalue weighted by molar-refractivity contribution is -0.140. The van der Waals surface area contributed by atoms with Crippen molar-refractivity contribution in [3.63, 3.8) is 0 Å². The van der Waals surface area contributed by atoms with Gasteiger partial charge in [-0.3, -0.25) is 4.79 Å². The summed E-state index contributed by atoms with van der Waals surface area (Å²) in [5.74, 6) is 1.79. The molecule has 2 aromatic rings. The highest BCUT2D eigenvalue weighted by atomic mass is 35.5. The van der Waals surface area contributed by atoms with Gasteiger partial charge in [-0.05, 0) is 30.3 Å². The predicted octanol–water partition coefficient (Wildman–Crippen LogP) is 3.02. The highest BCUT2D eigenvalue weighted by Crippen LogP contribution is 2.31. The van der Waals surface area contributed by atoms with Crippen LogP contribution in [-0.2, 0) is 4.79 Å². The number of benzene rings is 2. The number of halogens is 1. The van der Waals surface area contributed by atoms with Crippen LogP contribution in [0.1, 0.15) is 0 Å². The predicted molar refractivity (Wildman–Crippen MR) is 90.9 cm³/mol. The number of hydrogen-bond donors (Lipinski definition) is 0. The fourth-order valence-corrected chi connectivity index (χ4v) is 2.53. The molecule has 1 aliphatic rings. The van der Waals surface area contributed by atoms with Crippen LogP contribution < -0.4 is 14.2 Å². The number of hydrogen-bond acceptors (Lipinski definition) is 4. The Labute approximate surface area is 145 Å². The van der Waals surface area contributed by atoms with E-state index in [1.807, 2.05) is 30.3 Å². The van der Waals surface area contributed by atoms with Crippen molar-refractivity contribution in [1.82, 2.24) is 4.90 Å². The summed E-state index contributed by atoms with van der Waals surface area (Å²) in [6.07, 6.45) is -0.643. The normalized spacial score (nSPS) is 15.7. The molecular weight excluding hydrogens is 330 g/mol. The van der Waals surface area contributed by atoms with Gasteiger partial charge in [0, 0.05) is 12.1 Å². The van der Waals surface area contributed by atoms with Crippen LogP contribution in [0.5, 0.6) is 17.2 Å². The minimum Gasteiger partial charge on any atom is -0.492 e. The van der Waals surface area contributed by atoms with Crippen molar-refractivity contribution < 1.29 is 19.0 Å². The molecule has 0 N–H and O–H groups in total. The molecule has 1 amide bonds. The van der Waals surface area contributed by atoms with Crippen LogP contribution in [0.25, 0.3) is 0 Å². The first-order valence-corrected chi connectivity index (χ1v) is 8.03. The molecule has 0 spiro atoms. The number of fused-ring (bicyclic) bond motifs is 1. The number of carbonyl (C=O) groups is 1. The molecule has 0 bridgehead atoms. The third-order valence-electron chi connectivity index (χ3n) is 3.65. The Balaban J connectivity index is 1.50. The molecule has 5 nitrogen and oxygen atoms in total. The largest absolute Gasteiger partial charge is 0.492 e. The summed E-state index contributed by atoms with van der Waals surface area (Å²) >= 11 is 5.90. The molecule has 3 rings (SSSR count). The van der Waals surface area contributed by atoms with Crippen molar-refractivity contribution in [2.45, 2.75) is 6.10 Å². The van der Waals surface area contributed by atoms with Gasteiger partial charge in [-0.15, -0.1) is 0 Å². The Morgan fingerprint density at radius 1 is 1.25 bits per heavy atom. The molecule has 1 heterocycles. The first-order valence-electron chi connectivity index (χ1n) is 7.65. The van der Waals surface area contributed by atoms with Crippen molar-refractivity contribution in [1.29, 1.82) is 0 Å². The number of likely N-dealkylation sites (N-methyl/N-ethyl adjacent to an activating group) is 1. The van der Waals surface area contributed by atoms with E-state index < -0.39 is 6.10 Å². The smallest absolute Gasteiger partial charge is 0.267 e. The lowest BCUT2D eigenvalue weighted by Gasteiger charge is -2.28. The second-order valence-electron chi connectivity index (χ2n) is 5.43. The zero-order chi connectivity index (χ0) is 16.9. The lowest BCUT2D eigenvalue weighted by Crippen LogP contribution is -2.45. The second-order valence-corrected chi connectivity index (χ2v) is 5.87. The summed E-state index contributed by atoms with van der Waals surface area (Å²) in [4.78, 5) is 14.0. The van der Waals surface area contributed by atoms with Gasteiger partial charge >= 0.3 is 0 Å². The molecule has 0 saturated carbocycles. The van der Waals surface area contributed by atoms with Gasteiger partial charge in [0.25, 0.3) is 5.91 Å². The maximum absolute atomic E-state index is 12.4. The Kier molecular flexibility index (Phi) is 5.11. The third kappa shape index (κ3) is 3.92. The SMILES string of the molecule is CN(CCOc1cccc(Cl)c1)C(=O)[C@@H]1COc2ccccc2O1. The van der Waals surface area contributed by atoms with Crippen LogP contribution in [-0.4, -0.2) is 43.7 Å². The standard InChI is InChI=1S/C18H18ClNO4/c1-20(9-10-22-14-6-4-5-13(19)11-14)18(21)17-12-23-15-7-2-3-8-16(15)24-17/h2-8,11,17H,9-10,12H2,1H3/t17-/m0/s1. The van der Waals surface area contributed by atoms with E-state index in [2.05, 4.69) is 0 Å². The fraction of sp³-hybridized carbons (Fsp3) is 0.278. The number of nitrogens with zero attached hydrogens (tertiary/aromatic N) is 1. The molecule has 0 aliphatic carbocycles. The summed E-state index contributed by atoms with van der Waals surface area (Å²) < 4.78 is 16.9. The van der Waals surface area contributed by atoms with E-state index in [1.54, 1.807) is 30.1 Å². The van der Waals surface area contributed by atoms with Gasteiger partial charge < -0.3 is 19.1 Å². The number of para-hydroxylation sites is 2. The van der Waals surface area contributed by atoms with Gasteiger partial charge in [0.2, 0.25) is 6.10 Å². The summed E-state index contributed by atoms with van der Waals surface area (Å²) in [5.41, 5.74) is 0. The molecule has 126 valence electrons. The van der Waals surface area contributed by atoms with Gasteiger partial charge in [-0.25, -0.2) is 0 Å². The molecule has 0 unspecified atom stereocenters. The van der Waals surface area contributed by atoms with E-state index in [0.29, 0.717) is 35.4 Å². The average Bonchev–Trinajstić information content (AvgIpc) is 2.60. The van der Waals surface area contributed by atoms with Gasteiger partial charge in [0.1, 0.15) is 19.0 Å². The summed E-state index contributed by atoms with van der Waals surface area (Å²) in [5, 5.41) is 0.614. The van der Waals surface area contributed by atoms with E-state index in [-0.39, 0.29) is 12.5 Å². The Hall–Kier alpha value is -2.40. The fourth-order valence-electron chi connectivity index (χ4n) is 2.35. The molecule has 24 heavy (non-hydrogen) atoms. The highest BCUT2D eigenvalue weighted by Gasteiger charge is 2.29. The highest BCUT2D eigenvalue weighted by molar-refractivity contribution is 6.30. The maximum atomic E-state index is 12.4. The summed E-state index contributed by atoms with van der Waals surface area (Å²) in [7, 11) is 1.72. The van der Waals surface area contributed by atoms with Gasteiger partial charge in [-0.2, -0.15) is 0 Å². The maximum Gasteiger partial charge on any atom is 0.267 e. The Morgan fingerprint density at radius 2 is 2.04 bits per heavy atom. The molecule has 1 atom stereocenters. The van der Waals surface area contributed by atoms with E-state index in [4.69, 9.17) is 25.8 Å². The van der Waals surface area contributed by atoms with Crippen LogP contribution in [0.4, 0.5) is 0 Å². The lowest BCUT2D eigenvalue weighted by atomic mass is 10.2. The van der Waals surface area contributed by atoms with Crippen LogP contribution in [0.2, 0.25) is 5.02 Å². The van der Waals surface area contributed by atoms with E-state index >= 15 is 0 Å².